The maximum atomic E-state index is 6.20. The number of imidazole rings is 1. The summed E-state index contributed by atoms with van der Waals surface area (Å²) in [7, 11) is 0. The molecule has 1 unspecified atom stereocenters. The van der Waals surface area contributed by atoms with Crippen LogP contribution in [0.1, 0.15) is 46.8 Å². The highest BCUT2D eigenvalue weighted by Gasteiger charge is 2.20. The van der Waals surface area contributed by atoms with Crippen molar-refractivity contribution in [1.29, 1.82) is 0 Å². The molecule has 0 N–H and O–H groups in total. The first-order valence-electron chi connectivity index (χ1n) is 11.5. The van der Waals surface area contributed by atoms with E-state index in [2.05, 4.69) is 91.2 Å². The van der Waals surface area contributed by atoms with Crippen molar-refractivity contribution in [1.82, 2.24) is 9.55 Å². The van der Waals surface area contributed by atoms with E-state index in [0.717, 1.165) is 33.4 Å². The van der Waals surface area contributed by atoms with Crippen molar-refractivity contribution in [2.45, 2.75) is 32.2 Å². The molecular weight excluding hydrogens is 459 g/mol. The monoisotopic (exact) mass is 484 g/mol. The number of halogens is 2. The lowest BCUT2D eigenvalue weighted by Crippen LogP contribution is -2.08. The van der Waals surface area contributed by atoms with E-state index in [-0.39, 0.29) is 5.92 Å². The lowest BCUT2D eigenvalue weighted by atomic mass is 9.85. The fourth-order valence-corrected chi connectivity index (χ4v) is 4.97. The lowest BCUT2D eigenvalue weighted by Gasteiger charge is -2.20. The molecule has 0 radical (unpaired) electrons. The molecule has 1 aromatic heterocycles. The second kappa shape index (κ2) is 9.66. The van der Waals surface area contributed by atoms with Crippen LogP contribution in [0.15, 0.2) is 97.1 Å². The summed E-state index contributed by atoms with van der Waals surface area (Å²) >= 11 is 12.4. The van der Waals surface area contributed by atoms with Crippen molar-refractivity contribution in [2.75, 3.05) is 0 Å². The largest absolute Gasteiger partial charge is 0.328 e. The summed E-state index contributed by atoms with van der Waals surface area (Å²) in [5.41, 5.74) is 7.10. The number of rotatable bonds is 6. The highest BCUT2D eigenvalue weighted by atomic mass is 35.5. The maximum Gasteiger partial charge on any atom is 0.106 e. The van der Waals surface area contributed by atoms with Crippen LogP contribution in [0.2, 0.25) is 10.0 Å². The van der Waals surface area contributed by atoms with Gasteiger partial charge >= 0.3 is 0 Å². The van der Waals surface area contributed by atoms with Crippen LogP contribution >= 0.6 is 23.2 Å². The average molecular weight is 485 g/mol. The summed E-state index contributed by atoms with van der Waals surface area (Å²) in [5.74, 6) is 1.47. The Balaban J connectivity index is 1.60. The van der Waals surface area contributed by atoms with Crippen molar-refractivity contribution in [3.8, 4) is 0 Å². The van der Waals surface area contributed by atoms with Gasteiger partial charge < -0.3 is 4.57 Å². The standard InChI is InChI=1S/C30H26Cl2N2/c1-20(22-6-4-3-5-7-22)19-34-21(2)33-28-17-12-25(18-29(28)34)30(23-8-13-26(31)14-9-23)24-10-15-27(32)16-11-24/h3-18,20,30H,19H2,1-2H3. The molecular formula is C30H26Cl2N2. The summed E-state index contributed by atoms with van der Waals surface area (Å²) in [6.07, 6.45) is 0. The molecule has 0 aliphatic carbocycles. The fourth-order valence-electron chi connectivity index (χ4n) is 4.72. The smallest absolute Gasteiger partial charge is 0.106 e. The number of aromatic nitrogens is 2. The molecule has 0 saturated heterocycles. The van der Waals surface area contributed by atoms with E-state index in [1.54, 1.807) is 0 Å². The Bertz CT molecular complexity index is 1360. The van der Waals surface area contributed by atoms with Gasteiger partial charge in [-0.2, -0.15) is 0 Å². The first-order valence-corrected chi connectivity index (χ1v) is 12.3. The third kappa shape index (κ3) is 4.61. The topological polar surface area (TPSA) is 17.8 Å². The number of hydrogen-bond donors (Lipinski definition) is 0. The molecule has 170 valence electrons. The summed E-state index contributed by atoms with van der Waals surface area (Å²) < 4.78 is 2.34. The molecule has 34 heavy (non-hydrogen) atoms. The van der Waals surface area contributed by atoms with Gasteiger partial charge in [-0.05, 0) is 71.5 Å². The highest BCUT2D eigenvalue weighted by Crippen LogP contribution is 2.35. The van der Waals surface area contributed by atoms with Gasteiger partial charge in [-0.25, -0.2) is 4.98 Å². The molecule has 4 heteroatoms. The van der Waals surface area contributed by atoms with Gasteiger partial charge in [-0.3, -0.25) is 0 Å². The quantitative estimate of drug-likeness (QED) is 0.220. The van der Waals surface area contributed by atoms with Crippen LogP contribution in [0.3, 0.4) is 0 Å². The SMILES string of the molecule is Cc1nc2ccc(C(c3ccc(Cl)cc3)c3ccc(Cl)cc3)cc2n1CC(C)c1ccccc1. The average Bonchev–Trinajstić information content (AvgIpc) is 3.16. The van der Waals surface area contributed by atoms with Gasteiger partial charge in [0.05, 0.1) is 11.0 Å². The molecule has 0 saturated carbocycles. The van der Waals surface area contributed by atoms with Crippen molar-refractivity contribution in [2.24, 2.45) is 0 Å². The second-order valence-corrected chi connectivity index (χ2v) is 9.74. The van der Waals surface area contributed by atoms with Crippen LogP contribution in [0.5, 0.6) is 0 Å². The minimum absolute atomic E-state index is 0.0640. The van der Waals surface area contributed by atoms with E-state index in [1.807, 2.05) is 24.3 Å². The first-order chi connectivity index (χ1) is 16.5. The Labute approximate surface area is 210 Å². The lowest BCUT2D eigenvalue weighted by molar-refractivity contribution is 0.597. The van der Waals surface area contributed by atoms with E-state index in [0.29, 0.717) is 5.92 Å². The molecule has 0 fully saturated rings. The maximum absolute atomic E-state index is 6.20. The van der Waals surface area contributed by atoms with Crippen LogP contribution in [-0.2, 0) is 6.54 Å². The predicted molar refractivity (Wildman–Crippen MR) is 143 cm³/mol. The van der Waals surface area contributed by atoms with Crippen molar-refractivity contribution < 1.29 is 0 Å². The van der Waals surface area contributed by atoms with Crippen LogP contribution in [-0.4, -0.2) is 9.55 Å². The molecule has 5 aromatic rings. The third-order valence-corrected chi connectivity index (χ3v) is 7.03. The Kier molecular flexibility index (Phi) is 6.45. The van der Waals surface area contributed by atoms with Gasteiger partial charge in [-0.15, -0.1) is 0 Å². The zero-order valence-corrected chi connectivity index (χ0v) is 20.8. The van der Waals surface area contributed by atoms with Crippen molar-refractivity contribution in [3.63, 3.8) is 0 Å². The molecule has 2 nitrogen and oxygen atoms in total. The Morgan fingerprint density at radius 3 is 1.85 bits per heavy atom. The molecule has 1 atom stereocenters. The second-order valence-electron chi connectivity index (χ2n) is 8.87. The van der Waals surface area contributed by atoms with Gasteiger partial charge in [-0.1, -0.05) is 90.8 Å². The van der Waals surface area contributed by atoms with E-state index in [1.165, 1.54) is 22.3 Å². The summed E-state index contributed by atoms with van der Waals surface area (Å²) in [6.45, 7) is 5.24. The molecule has 4 aromatic carbocycles. The normalized spacial score (nSPS) is 12.4. The van der Waals surface area contributed by atoms with Gasteiger partial charge in [0.15, 0.2) is 0 Å². The van der Waals surface area contributed by atoms with Gasteiger partial charge in [0.25, 0.3) is 0 Å². The molecule has 0 aliphatic heterocycles. The van der Waals surface area contributed by atoms with Gasteiger partial charge in [0, 0.05) is 22.5 Å². The zero-order valence-electron chi connectivity index (χ0n) is 19.2. The van der Waals surface area contributed by atoms with E-state index >= 15 is 0 Å². The van der Waals surface area contributed by atoms with Crippen molar-refractivity contribution in [3.05, 3.63) is 135 Å². The molecule has 0 aliphatic rings. The summed E-state index contributed by atoms with van der Waals surface area (Å²) in [5, 5.41) is 1.47. The Morgan fingerprint density at radius 2 is 1.26 bits per heavy atom. The molecule has 5 rings (SSSR count). The number of fused-ring (bicyclic) bond motifs is 1. The predicted octanol–water partition coefficient (Wildman–Crippen LogP) is 8.64. The third-order valence-electron chi connectivity index (χ3n) is 6.53. The summed E-state index contributed by atoms with van der Waals surface area (Å²) in [6, 6.07) is 33.5. The molecule has 1 heterocycles. The minimum Gasteiger partial charge on any atom is -0.328 e. The fraction of sp³-hybridized carbons (Fsp3) is 0.167. The zero-order chi connectivity index (χ0) is 23.7. The number of aryl methyl sites for hydroxylation is 1. The first kappa shape index (κ1) is 22.7. The number of benzene rings is 4. The van der Waals surface area contributed by atoms with Crippen LogP contribution in [0.25, 0.3) is 11.0 Å². The van der Waals surface area contributed by atoms with E-state index < -0.39 is 0 Å². The van der Waals surface area contributed by atoms with Crippen LogP contribution in [0, 0.1) is 6.92 Å². The van der Waals surface area contributed by atoms with Crippen molar-refractivity contribution >= 4 is 34.2 Å². The molecule has 0 bridgehead atoms. The Hall–Kier alpha value is -3.07. The minimum atomic E-state index is 0.0640. The van der Waals surface area contributed by atoms with Crippen LogP contribution in [0.4, 0.5) is 0 Å². The highest BCUT2D eigenvalue weighted by molar-refractivity contribution is 6.30. The number of nitrogens with zero attached hydrogens (tertiary/aromatic N) is 2. The van der Waals surface area contributed by atoms with E-state index in [4.69, 9.17) is 28.2 Å². The summed E-state index contributed by atoms with van der Waals surface area (Å²) in [4.78, 5) is 4.86. The number of hydrogen-bond acceptors (Lipinski definition) is 1. The molecule has 0 amide bonds. The van der Waals surface area contributed by atoms with Gasteiger partial charge in [0.1, 0.15) is 5.82 Å². The Morgan fingerprint density at radius 1 is 0.706 bits per heavy atom. The van der Waals surface area contributed by atoms with Crippen LogP contribution < -0.4 is 0 Å². The van der Waals surface area contributed by atoms with Gasteiger partial charge in [0.2, 0.25) is 0 Å². The van der Waals surface area contributed by atoms with E-state index in [9.17, 15) is 0 Å². The molecule has 0 spiro atoms.